The number of nitrogens with one attached hydrogen (secondary N) is 2. The van der Waals surface area contributed by atoms with Crippen LogP contribution >= 0.6 is 11.3 Å². The van der Waals surface area contributed by atoms with Gasteiger partial charge in [-0.2, -0.15) is 0 Å². The van der Waals surface area contributed by atoms with E-state index in [2.05, 4.69) is 10.3 Å². The van der Waals surface area contributed by atoms with Gasteiger partial charge in [-0.05, 0) is 36.5 Å². The highest BCUT2D eigenvalue weighted by Gasteiger charge is 2.19. The summed E-state index contributed by atoms with van der Waals surface area (Å²) in [5.41, 5.74) is 2.33. The quantitative estimate of drug-likeness (QED) is 0.453. The molecule has 2 aromatic carbocycles. The van der Waals surface area contributed by atoms with Crippen molar-refractivity contribution < 1.29 is 14.6 Å². The summed E-state index contributed by atoms with van der Waals surface area (Å²) < 4.78 is 6.31. The fourth-order valence-electron chi connectivity index (χ4n) is 4.16. The largest absolute Gasteiger partial charge is 0.506 e. The number of amides is 1. The van der Waals surface area contributed by atoms with Crippen molar-refractivity contribution in [2.45, 2.75) is 44.8 Å². The third kappa shape index (κ3) is 5.69. The highest BCUT2D eigenvalue weighted by Crippen LogP contribution is 2.28. The molecule has 1 fully saturated rings. The Morgan fingerprint density at radius 3 is 2.72 bits per heavy atom. The summed E-state index contributed by atoms with van der Waals surface area (Å²) >= 11 is 1.08. The van der Waals surface area contributed by atoms with Gasteiger partial charge in [0.1, 0.15) is 17.9 Å². The van der Waals surface area contributed by atoms with Gasteiger partial charge in [0.15, 0.2) is 0 Å². The van der Waals surface area contributed by atoms with E-state index in [4.69, 9.17) is 4.74 Å². The fourth-order valence-corrected chi connectivity index (χ4v) is 5.06. The maximum absolute atomic E-state index is 12.9. The van der Waals surface area contributed by atoms with E-state index in [-0.39, 0.29) is 23.3 Å². The Labute approximate surface area is 191 Å². The van der Waals surface area contributed by atoms with Crippen LogP contribution in [-0.2, 0) is 17.8 Å². The van der Waals surface area contributed by atoms with Gasteiger partial charge in [-0.25, -0.2) is 4.79 Å². The number of carbonyl (C=O) groups excluding carboxylic acids is 1. The van der Waals surface area contributed by atoms with E-state index in [9.17, 15) is 14.7 Å². The van der Waals surface area contributed by atoms with Crippen LogP contribution in [0.1, 0.15) is 36.8 Å². The van der Waals surface area contributed by atoms with E-state index in [1.54, 1.807) is 11.0 Å². The molecule has 0 spiro atoms. The highest BCUT2D eigenvalue weighted by molar-refractivity contribution is 7.16. The van der Waals surface area contributed by atoms with E-state index in [1.807, 2.05) is 36.4 Å². The first kappa shape index (κ1) is 22.4. The number of H-pyrrole nitrogens is 1. The molecule has 0 radical (unpaired) electrons. The lowest BCUT2D eigenvalue weighted by Crippen LogP contribution is -2.40. The minimum atomic E-state index is -0.348. The third-order valence-corrected chi connectivity index (χ3v) is 6.88. The predicted octanol–water partition coefficient (Wildman–Crippen LogP) is 4.01. The maximum Gasteiger partial charge on any atom is 0.410 e. The van der Waals surface area contributed by atoms with Crippen LogP contribution in [0.5, 0.6) is 5.75 Å². The molecule has 0 saturated heterocycles. The molecule has 4 rings (SSSR count). The van der Waals surface area contributed by atoms with Crippen molar-refractivity contribution in [1.82, 2.24) is 15.2 Å². The first-order valence-electron chi connectivity index (χ1n) is 11.1. The van der Waals surface area contributed by atoms with Gasteiger partial charge in [0.2, 0.25) is 0 Å². The van der Waals surface area contributed by atoms with Crippen molar-refractivity contribution >= 4 is 27.6 Å². The Morgan fingerprint density at radius 1 is 1.16 bits per heavy atom. The Kier molecular flexibility index (Phi) is 7.44. The topological polar surface area (TPSA) is 94.7 Å². The molecule has 32 heavy (non-hydrogen) atoms. The molecule has 7 nitrogen and oxygen atoms in total. The van der Waals surface area contributed by atoms with Gasteiger partial charge in [0, 0.05) is 25.7 Å². The van der Waals surface area contributed by atoms with Gasteiger partial charge in [0.25, 0.3) is 0 Å². The lowest BCUT2D eigenvalue weighted by Gasteiger charge is -2.23. The molecule has 1 saturated carbocycles. The number of carbonyl (C=O) groups is 1. The van der Waals surface area contributed by atoms with E-state index in [1.165, 1.54) is 25.7 Å². The standard InChI is InChI=1S/C24H29N3O4S/c28-20-11-10-18(22-21(20)26-23(29)32-22)12-14-27(15-13-25-19-8-4-5-9-19)24(30)31-16-17-6-2-1-3-7-17/h1-3,6-7,10-11,19,25,28H,4-5,8-9,12-16H2,(H,26,29). The highest BCUT2D eigenvalue weighted by atomic mass is 32.1. The fraction of sp³-hybridized carbons (Fsp3) is 0.417. The smallest absolute Gasteiger partial charge is 0.410 e. The summed E-state index contributed by atoms with van der Waals surface area (Å²) in [6.45, 7) is 1.96. The number of hydrogen-bond acceptors (Lipinski definition) is 6. The zero-order valence-electron chi connectivity index (χ0n) is 18.0. The molecule has 0 aliphatic heterocycles. The van der Waals surface area contributed by atoms with Crippen LogP contribution in [0.15, 0.2) is 47.3 Å². The predicted molar refractivity (Wildman–Crippen MR) is 126 cm³/mol. The number of aromatic nitrogens is 1. The molecule has 1 amide bonds. The summed E-state index contributed by atoms with van der Waals surface area (Å²) in [5, 5.41) is 13.6. The average Bonchev–Trinajstić information content (AvgIpc) is 3.46. The molecule has 1 heterocycles. The molecule has 170 valence electrons. The van der Waals surface area contributed by atoms with Gasteiger partial charge in [-0.3, -0.25) is 4.79 Å². The monoisotopic (exact) mass is 455 g/mol. The molecule has 0 unspecified atom stereocenters. The minimum absolute atomic E-state index is 0.0574. The maximum atomic E-state index is 12.9. The Hall–Kier alpha value is -2.84. The van der Waals surface area contributed by atoms with E-state index < -0.39 is 0 Å². The Balaban J connectivity index is 1.41. The van der Waals surface area contributed by atoms with Crippen molar-refractivity contribution in [3.05, 3.63) is 63.3 Å². The number of phenolic OH excluding ortho intramolecular Hbond substituents is 1. The summed E-state index contributed by atoms with van der Waals surface area (Å²) in [6, 6.07) is 13.6. The second-order valence-electron chi connectivity index (χ2n) is 8.18. The summed E-state index contributed by atoms with van der Waals surface area (Å²) in [7, 11) is 0. The number of nitrogens with zero attached hydrogens (tertiary/aromatic N) is 1. The van der Waals surface area contributed by atoms with Gasteiger partial charge < -0.3 is 25.0 Å². The van der Waals surface area contributed by atoms with E-state index in [0.29, 0.717) is 37.6 Å². The van der Waals surface area contributed by atoms with Crippen molar-refractivity contribution in [3.8, 4) is 5.75 Å². The van der Waals surface area contributed by atoms with Crippen molar-refractivity contribution in [3.63, 3.8) is 0 Å². The molecular weight excluding hydrogens is 426 g/mol. The molecule has 0 atom stereocenters. The van der Waals surface area contributed by atoms with Crippen molar-refractivity contribution in [1.29, 1.82) is 0 Å². The molecule has 1 aliphatic rings. The number of ether oxygens (including phenoxy) is 1. The summed E-state index contributed by atoms with van der Waals surface area (Å²) in [6.07, 6.45) is 5.12. The summed E-state index contributed by atoms with van der Waals surface area (Å²) in [4.78, 5) is 28.8. The minimum Gasteiger partial charge on any atom is -0.506 e. The second-order valence-corrected chi connectivity index (χ2v) is 9.16. The first-order valence-corrected chi connectivity index (χ1v) is 11.9. The van der Waals surface area contributed by atoms with Crippen LogP contribution in [0.2, 0.25) is 0 Å². The average molecular weight is 456 g/mol. The number of hydrogen-bond donors (Lipinski definition) is 3. The van der Waals surface area contributed by atoms with Crippen LogP contribution in [-0.4, -0.2) is 46.8 Å². The van der Waals surface area contributed by atoms with Gasteiger partial charge in [-0.15, -0.1) is 0 Å². The molecule has 3 aromatic rings. The number of benzene rings is 2. The zero-order chi connectivity index (χ0) is 22.3. The van der Waals surface area contributed by atoms with Gasteiger partial charge in [-0.1, -0.05) is 60.6 Å². The van der Waals surface area contributed by atoms with Crippen molar-refractivity contribution in [2.24, 2.45) is 0 Å². The van der Waals surface area contributed by atoms with Gasteiger partial charge in [0.05, 0.1) is 4.70 Å². The number of aromatic amines is 1. The van der Waals surface area contributed by atoms with Gasteiger partial charge >= 0.3 is 11.0 Å². The van der Waals surface area contributed by atoms with Crippen LogP contribution < -0.4 is 10.2 Å². The van der Waals surface area contributed by atoms with Crippen molar-refractivity contribution in [2.75, 3.05) is 19.6 Å². The molecule has 0 bridgehead atoms. The molecule has 1 aliphatic carbocycles. The van der Waals surface area contributed by atoms with E-state index >= 15 is 0 Å². The van der Waals surface area contributed by atoms with E-state index in [0.717, 1.165) is 27.2 Å². The first-order chi connectivity index (χ1) is 15.6. The Bertz CT molecular complexity index is 1090. The van der Waals surface area contributed by atoms with Crippen LogP contribution in [0.4, 0.5) is 4.79 Å². The molecular formula is C24H29N3O4S. The second kappa shape index (κ2) is 10.7. The SMILES string of the molecule is O=C(OCc1ccccc1)N(CCNC1CCCC1)CCc1ccc(O)c2[nH]c(=O)sc12. The lowest BCUT2D eigenvalue weighted by atomic mass is 10.1. The Morgan fingerprint density at radius 2 is 1.94 bits per heavy atom. The third-order valence-electron chi connectivity index (χ3n) is 5.92. The number of aromatic hydroxyl groups is 1. The normalized spacial score (nSPS) is 14.1. The zero-order valence-corrected chi connectivity index (χ0v) is 18.8. The molecule has 8 heteroatoms. The van der Waals surface area contributed by atoms with Crippen LogP contribution in [0.3, 0.4) is 0 Å². The number of phenols is 1. The number of thiazole rings is 1. The van der Waals surface area contributed by atoms with Crippen LogP contribution in [0.25, 0.3) is 10.2 Å². The number of rotatable bonds is 9. The number of fused-ring (bicyclic) bond motifs is 1. The molecule has 1 aromatic heterocycles. The summed E-state index contributed by atoms with van der Waals surface area (Å²) in [5.74, 6) is 0.0574. The lowest BCUT2D eigenvalue weighted by molar-refractivity contribution is 0.0965. The molecule has 3 N–H and O–H groups in total. The van der Waals surface area contributed by atoms with Crippen LogP contribution in [0, 0.1) is 0 Å².